The highest BCUT2D eigenvalue weighted by molar-refractivity contribution is 6.04. The number of carbonyl (C=O) groups is 2. The van der Waals surface area contributed by atoms with Gasteiger partial charge in [-0.25, -0.2) is 4.98 Å². The molecule has 160 valence electrons. The maximum Gasteiger partial charge on any atom is 0.249 e. The lowest BCUT2D eigenvalue weighted by Gasteiger charge is -2.43. The topological polar surface area (TPSA) is 87.7 Å². The SMILES string of the molecule is CC[C@@H]1C(=O)N(C)c2cnc(Nc3ccc(C=O)cc3OC)nc2N1C1CCCC1.[HH]. The van der Waals surface area contributed by atoms with E-state index in [1.54, 1.807) is 43.5 Å². The van der Waals surface area contributed by atoms with E-state index >= 15 is 0 Å². The van der Waals surface area contributed by atoms with Gasteiger partial charge < -0.3 is 19.9 Å². The minimum atomic E-state index is -0.213. The Morgan fingerprint density at radius 1 is 1.33 bits per heavy atom. The van der Waals surface area contributed by atoms with Gasteiger partial charge in [-0.15, -0.1) is 0 Å². The van der Waals surface area contributed by atoms with Crippen molar-refractivity contribution in [2.75, 3.05) is 29.3 Å². The summed E-state index contributed by atoms with van der Waals surface area (Å²) in [7, 11) is 3.34. The quantitative estimate of drug-likeness (QED) is 0.724. The molecule has 0 radical (unpaired) electrons. The van der Waals surface area contributed by atoms with Crippen LogP contribution in [0.25, 0.3) is 0 Å². The van der Waals surface area contributed by atoms with E-state index in [0.717, 1.165) is 37.1 Å². The van der Waals surface area contributed by atoms with Crippen LogP contribution in [0.5, 0.6) is 5.75 Å². The maximum atomic E-state index is 13.0. The highest BCUT2D eigenvalue weighted by Crippen LogP contribution is 2.40. The Morgan fingerprint density at radius 2 is 2.10 bits per heavy atom. The molecule has 1 aromatic heterocycles. The standard InChI is InChI=1S/C22H27N5O3.H2/c1-4-17-21(29)26(2)18-12-23-22(25-20(18)27(17)15-7-5-6-8-15)24-16-10-9-14(13-28)11-19(16)30-3;/h9-13,15,17H,4-8H2,1-3H3,(H,23,24,25);1H/t17-;/m1./s1. The van der Waals surface area contributed by atoms with Gasteiger partial charge in [-0.3, -0.25) is 9.59 Å². The first kappa shape index (κ1) is 20.1. The molecule has 8 heteroatoms. The van der Waals surface area contributed by atoms with Gasteiger partial charge in [0.1, 0.15) is 23.8 Å². The second-order valence-electron chi connectivity index (χ2n) is 7.77. The molecular formula is C22H29N5O3. The highest BCUT2D eigenvalue weighted by Gasteiger charge is 2.41. The number of rotatable bonds is 6. The lowest BCUT2D eigenvalue weighted by atomic mass is 10.0. The summed E-state index contributed by atoms with van der Waals surface area (Å²) in [6, 6.07) is 5.24. The van der Waals surface area contributed by atoms with Crippen LogP contribution in [0.15, 0.2) is 24.4 Å². The minimum absolute atomic E-state index is 0. The molecule has 1 N–H and O–H groups in total. The van der Waals surface area contributed by atoms with Crippen molar-refractivity contribution in [1.29, 1.82) is 0 Å². The molecule has 2 heterocycles. The molecule has 1 atom stereocenters. The summed E-state index contributed by atoms with van der Waals surface area (Å²) in [5.41, 5.74) is 1.93. The van der Waals surface area contributed by atoms with Crippen molar-refractivity contribution in [2.24, 2.45) is 0 Å². The number of methoxy groups -OCH3 is 1. The normalized spacial score (nSPS) is 19.0. The van der Waals surface area contributed by atoms with Gasteiger partial charge in [-0.05, 0) is 37.5 Å². The molecule has 0 bridgehead atoms. The fraction of sp³-hybridized carbons (Fsp3) is 0.455. The monoisotopic (exact) mass is 411 g/mol. The molecule has 1 fully saturated rings. The summed E-state index contributed by atoms with van der Waals surface area (Å²) in [6.07, 6.45) is 7.69. The largest absolute Gasteiger partial charge is 0.495 e. The molecule has 1 aromatic carbocycles. The Labute approximate surface area is 177 Å². The zero-order chi connectivity index (χ0) is 21.3. The third-order valence-electron chi connectivity index (χ3n) is 6.02. The van der Waals surface area contributed by atoms with Crippen LogP contribution in [0.2, 0.25) is 0 Å². The number of nitrogens with zero attached hydrogens (tertiary/aromatic N) is 4. The van der Waals surface area contributed by atoms with Gasteiger partial charge in [0.2, 0.25) is 11.9 Å². The van der Waals surface area contributed by atoms with Crippen LogP contribution < -0.4 is 19.9 Å². The Morgan fingerprint density at radius 3 is 2.77 bits per heavy atom. The number of hydrogen-bond donors (Lipinski definition) is 1. The number of carbonyl (C=O) groups excluding carboxylic acids is 2. The number of likely N-dealkylation sites (N-methyl/N-ethyl adjacent to an activating group) is 1. The number of fused-ring (bicyclic) bond motifs is 1. The molecular weight excluding hydrogens is 382 g/mol. The molecule has 30 heavy (non-hydrogen) atoms. The van der Waals surface area contributed by atoms with Crippen molar-refractivity contribution in [3.8, 4) is 5.75 Å². The first-order valence-electron chi connectivity index (χ1n) is 10.4. The van der Waals surface area contributed by atoms with E-state index in [0.29, 0.717) is 29.0 Å². The van der Waals surface area contributed by atoms with Crippen LogP contribution in [-0.2, 0) is 4.79 Å². The van der Waals surface area contributed by atoms with Crippen LogP contribution in [0.4, 0.5) is 23.1 Å². The summed E-state index contributed by atoms with van der Waals surface area (Å²) >= 11 is 0. The van der Waals surface area contributed by atoms with Gasteiger partial charge in [-0.2, -0.15) is 4.98 Å². The van der Waals surface area contributed by atoms with Gasteiger partial charge in [0, 0.05) is 20.1 Å². The van der Waals surface area contributed by atoms with Crippen molar-refractivity contribution in [3.63, 3.8) is 0 Å². The number of nitrogens with one attached hydrogen (secondary N) is 1. The summed E-state index contributed by atoms with van der Waals surface area (Å²) in [5.74, 6) is 1.84. The minimum Gasteiger partial charge on any atom is -0.495 e. The first-order chi connectivity index (χ1) is 14.6. The second kappa shape index (κ2) is 8.30. The zero-order valence-corrected chi connectivity index (χ0v) is 17.6. The molecule has 1 saturated carbocycles. The van der Waals surface area contributed by atoms with Gasteiger partial charge in [-0.1, -0.05) is 19.8 Å². The average molecular weight is 412 g/mol. The molecule has 2 aromatic rings. The molecule has 4 rings (SSSR count). The fourth-order valence-electron chi connectivity index (χ4n) is 4.45. The number of hydrogen-bond acceptors (Lipinski definition) is 7. The Bertz CT molecular complexity index is 964. The van der Waals surface area contributed by atoms with E-state index in [9.17, 15) is 9.59 Å². The van der Waals surface area contributed by atoms with Crippen LogP contribution in [-0.4, -0.2) is 48.4 Å². The molecule has 1 amide bonds. The second-order valence-corrected chi connectivity index (χ2v) is 7.77. The Balaban J connectivity index is 0.00000272. The number of benzene rings is 1. The van der Waals surface area contributed by atoms with Crippen LogP contribution >= 0.6 is 0 Å². The molecule has 0 spiro atoms. The van der Waals surface area contributed by atoms with Gasteiger partial charge in [0.05, 0.1) is 19.0 Å². The Hall–Kier alpha value is -3.16. The smallest absolute Gasteiger partial charge is 0.249 e. The van der Waals surface area contributed by atoms with E-state index in [4.69, 9.17) is 9.72 Å². The van der Waals surface area contributed by atoms with Crippen molar-refractivity contribution < 1.29 is 15.8 Å². The summed E-state index contributed by atoms with van der Waals surface area (Å²) in [6.45, 7) is 2.04. The van der Waals surface area contributed by atoms with Gasteiger partial charge in [0.15, 0.2) is 5.82 Å². The van der Waals surface area contributed by atoms with E-state index in [1.807, 2.05) is 6.92 Å². The number of aromatic nitrogens is 2. The van der Waals surface area contributed by atoms with Crippen molar-refractivity contribution in [2.45, 2.75) is 51.1 Å². The van der Waals surface area contributed by atoms with Crippen LogP contribution in [0, 0.1) is 0 Å². The summed E-state index contributed by atoms with van der Waals surface area (Å²) in [5, 5.41) is 3.20. The van der Waals surface area contributed by atoms with E-state index < -0.39 is 0 Å². The lowest BCUT2D eigenvalue weighted by molar-refractivity contribution is -0.120. The molecule has 1 aliphatic heterocycles. The average Bonchev–Trinajstić information content (AvgIpc) is 3.30. The molecule has 0 unspecified atom stereocenters. The van der Waals surface area contributed by atoms with Crippen molar-refractivity contribution in [3.05, 3.63) is 30.0 Å². The van der Waals surface area contributed by atoms with E-state index in [-0.39, 0.29) is 13.4 Å². The molecule has 1 aliphatic carbocycles. The highest BCUT2D eigenvalue weighted by atomic mass is 16.5. The molecule has 8 nitrogen and oxygen atoms in total. The molecule has 0 saturated heterocycles. The number of aldehydes is 1. The van der Waals surface area contributed by atoms with Crippen LogP contribution in [0.3, 0.4) is 0 Å². The predicted molar refractivity (Wildman–Crippen MR) is 118 cm³/mol. The Kier molecular flexibility index (Phi) is 5.57. The third kappa shape index (κ3) is 3.46. The summed E-state index contributed by atoms with van der Waals surface area (Å²) in [4.78, 5) is 37.2. The zero-order valence-electron chi connectivity index (χ0n) is 17.6. The van der Waals surface area contributed by atoms with E-state index in [1.165, 1.54) is 12.8 Å². The van der Waals surface area contributed by atoms with Gasteiger partial charge in [0.25, 0.3) is 0 Å². The number of anilines is 4. The van der Waals surface area contributed by atoms with Crippen LogP contribution in [0.1, 0.15) is 50.8 Å². The first-order valence-corrected chi connectivity index (χ1v) is 10.4. The third-order valence-corrected chi connectivity index (χ3v) is 6.02. The van der Waals surface area contributed by atoms with E-state index in [2.05, 4.69) is 15.2 Å². The summed E-state index contributed by atoms with van der Waals surface area (Å²) < 4.78 is 5.40. The molecule has 2 aliphatic rings. The fourth-order valence-corrected chi connectivity index (χ4v) is 4.45. The number of ether oxygens (including phenoxy) is 1. The lowest BCUT2D eigenvalue weighted by Crippen LogP contribution is -2.55. The predicted octanol–water partition coefficient (Wildman–Crippen LogP) is 3.79. The van der Waals surface area contributed by atoms with Gasteiger partial charge >= 0.3 is 0 Å². The number of amides is 1. The van der Waals surface area contributed by atoms with Crippen molar-refractivity contribution >= 4 is 35.3 Å². The van der Waals surface area contributed by atoms with Crippen molar-refractivity contribution in [1.82, 2.24) is 9.97 Å². The maximum absolute atomic E-state index is 13.0.